The van der Waals surface area contributed by atoms with Gasteiger partial charge in [-0.1, -0.05) is 0 Å². The Morgan fingerprint density at radius 3 is 2.33 bits per heavy atom. The monoisotopic (exact) mass is 213 g/mol. The van der Waals surface area contributed by atoms with E-state index in [-0.39, 0.29) is 5.70 Å². The van der Waals surface area contributed by atoms with E-state index in [1.807, 2.05) is 0 Å². The van der Waals surface area contributed by atoms with Gasteiger partial charge in [0.15, 0.2) is 6.04 Å². The second-order valence-corrected chi connectivity index (χ2v) is 3.58. The standard InChI is InChI=1S/C8H11N3O4/c1-5-3-4-6(10(12)13)7(9)8(5,2)11(14)15/h3-4,7H,9H2,1-2H3. The van der Waals surface area contributed by atoms with E-state index in [9.17, 15) is 20.2 Å². The zero-order valence-electron chi connectivity index (χ0n) is 8.34. The smallest absolute Gasteiger partial charge is 0.270 e. The predicted molar refractivity (Wildman–Crippen MR) is 52.2 cm³/mol. The van der Waals surface area contributed by atoms with Crippen molar-refractivity contribution < 1.29 is 9.85 Å². The highest BCUT2D eigenvalue weighted by Crippen LogP contribution is 2.31. The first-order valence-corrected chi connectivity index (χ1v) is 4.25. The average Bonchev–Trinajstić information content (AvgIpc) is 2.13. The van der Waals surface area contributed by atoms with Crippen molar-refractivity contribution >= 4 is 0 Å². The van der Waals surface area contributed by atoms with E-state index in [0.29, 0.717) is 5.57 Å². The molecule has 2 N–H and O–H groups in total. The van der Waals surface area contributed by atoms with Crippen LogP contribution in [0.25, 0.3) is 0 Å². The highest BCUT2D eigenvalue weighted by molar-refractivity contribution is 5.33. The van der Waals surface area contributed by atoms with E-state index in [1.54, 1.807) is 0 Å². The van der Waals surface area contributed by atoms with Crippen molar-refractivity contribution in [2.75, 3.05) is 0 Å². The third-order valence-corrected chi connectivity index (χ3v) is 2.82. The summed E-state index contributed by atoms with van der Waals surface area (Å²) in [5.41, 5.74) is 4.03. The molecule has 1 aliphatic rings. The summed E-state index contributed by atoms with van der Waals surface area (Å²) in [7, 11) is 0. The molecule has 0 amide bonds. The molecule has 2 unspecified atom stereocenters. The summed E-state index contributed by atoms with van der Waals surface area (Å²) < 4.78 is 0. The van der Waals surface area contributed by atoms with Crippen LogP contribution in [0.3, 0.4) is 0 Å². The van der Waals surface area contributed by atoms with Crippen molar-refractivity contribution in [3.63, 3.8) is 0 Å². The Hall–Kier alpha value is -1.76. The SMILES string of the molecule is CC1=CC=C([N+](=O)[O-])C(N)C1(C)[N+](=O)[O-]. The summed E-state index contributed by atoms with van der Waals surface area (Å²) in [4.78, 5) is 20.2. The molecule has 0 aromatic carbocycles. The molecule has 2 atom stereocenters. The Morgan fingerprint density at radius 2 is 1.93 bits per heavy atom. The van der Waals surface area contributed by atoms with E-state index < -0.39 is 21.4 Å². The van der Waals surface area contributed by atoms with Crippen molar-refractivity contribution in [2.24, 2.45) is 5.73 Å². The van der Waals surface area contributed by atoms with E-state index in [1.165, 1.54) is 26.0 Å². The number of nitrogens with zero attached hydrogens (tertiary/aromatic N) is 2. The van der Waals surface area contributed by atoms with Crippen LogP contribution in [-0.4, -0.2) is 21.4 Å². The number of hydrogen-bond acceptors (Lipinski definition) is 5. The van der Waals surface area contributed by atoms with Crippen molar-refractivity contribution in [1.82, 2.24) is 0 Å². The zero-order valence-corrected chi connectivity index (χ0v) is 8.34. The minimum Gasteiger partial charge on any atom is -0.312 e. The topological polar surface area (TPSA) is 112 Å². The third kappa shape index (κ3) is 1.50. The molecule has 0 radical (unpaired) electrons. The van der Waals surface area contributed by atoms with Gasteiger partial charge in [0.1, 0.15) is 0 Å². The van der Waals surface area contributed by atoms with Gasteiger partial charge in [-0.25, -0.2) is 0 Å². The van der Waals surface area contributed by atoms with Crippen LogP contribution in [0, 0.1) is 20.2 Å². The minimum atomic E-state index is -1.60. The second-order valence-electron chi connectivity index (χ2n) is 3.58. The van der Waals surface area contributed by atoms with Crippen LogP contribution < -0.4 is 5.73 Å². The average molecular weight is 213 g/mol. The summed E-state index contributed by atoms with van der Waals surface area (Å²) in [5.74, 6) is 0. The fourth-order valence-corrected chi connectivity index (χ4v) is 1.45. The Labute approximate surface area is 85.6 Å². The largest absolute Gasteiger partial charge is 0.312 e. The lowest BCUT2D eigenvalue weighted by atomic mass is 9.81. The lowest BCUT2D eigenvalue weighted by Crippen LogP contribution is -2.55. The van der Waals surface area contributed by atoms with Crippen LogP contribution in [0.5, 0.6) is 0 Å². The lowest BCUT2D eigenvalue weighted by Gasteiger charge is -2.28. The fraction of sp³-hybridized carbons (Fsp3) is 0.500. The van der Waals surface area contributed by atoms with Gasteiger partial charge in [-0.15, -0.1) is 0 Å². The zero-order chi connectivity index (χ0) is 11.8. The number of nitro groups is 2. The van der Waals surface area contributed by atoms with Gasteiger partial charge >= 0.3 is 0 Å². The Morgan fingerprint density at radius 1 is 1.40 bits per heavy atom. The molecule has 0 aliphatic heterocycles. The van der Waals surface area contributed by atoms with Gasteiger partial charge in [-0.2, -0.15) is 0 Å². The Kier molecular flexibility index (Phi) is 2.59. The lowest BCUT2D eigenvalue weighted by molar-refractivity contribution is -0.563. The van der Waals surface area contributed by atoms with Crippen LogP contribution in [0.2, 0.25) is 0 Å². The number of hydrogen-bond donors (Lipinski definition) is 1. The van der Waals surface area contributed by atoms with Crippen LogP contribution in [-0.2, 0) is 0 Å². The first-order valence-electron chi connectivity index (χ1n) is 4.25. The molecular formula is C8H11N3O4. The van der Waals surface area contributed by atoms with Crippen molar-refractivity contribution in [3.05, 3.63) is 43.7 Å². The van der Waals surface area contributed by atoms with E-state index in [4.69, 9.17) is 5.73 Å². The normalized spacial score (nSPS) is 30.5. The van der Waals surface area contributed by atoms with Crippen LogP contribution in [0.1, 0.15) is 13.8 Å². The van der Waals surface area contributed by atoms with Crippen molar-refractivity contribution in [2.45, 2.75) is 25.4 Å². The van der Waals surface area contributed by atoms with Gasteiger partial charge in [0, 0.05) is 23.5 Å². The van der Waals surface area contributed by atoms with Gasteiger partial charge in [-0.3, -0.25) is 20.2 Å². The molecule has 15 heavy (non-hydrogen) atoms. The number of nitrogens with two attached hydrogens (primary N) is 1. The van der Waals surface area contributed by atoms with Gasteiger partial charge in [0.25, 0.3) is 11.2 Å². The molecule has 1 rings (SSSR count). The van der Waals surface area contributed by atoms with Gasteiger partial charge < -0.3 is 5.73 Å². The van der Waals surface area contributed by atoms with E-state index >= 15 is 0 Å². The Balaban J connectivity index is 3.27. The maximum absolute atomic E-state index is 10.9. The summed E-state index contributed by atoms with van der Waals surface area (Å²) in [6.45, 7) is 2.83. The molecular weight excluding hydrogens is 202 g/mol. The van der Waals surface area contributed by atoms with Crippen molar-refractivity contribution in [1.29, 1.82) is 0 Å². The van der Waals surface area contributed by atoms with Gasteiger partial charge in [0.05, 0.1) is 4.92 Å². The summed E-state index contributed by atoms with van der Waals surface area (Å²) in [5, 5.41) is 21.5. The predicted octanol–water partition coefficient (Wildman–Crippen LogP) is 0.470. The molecule has 0 saturated heterocycles. The molecule has 0 aromatic rings. The van der Waals surface area contributed by atoms with Crippen LogP contribution >= 0.6 is 0 Å². The fourth-order valence-electron chi connectivity index (χ4n) is 1.45. The molecule has 0 spiro atoms. The first-order chi connectivity index (χ1) is 6.81. The summed E-state index contributed by atoms with van der Waals surface area (Å²) >= 11 is 0. The summed E-state index contributed by atoms with van der Waals surface area (Å²) in [6.07, 6.45) is 2.58. The second kappa shape index (κ2) is 3.43. The molecule has 0 bridgehead atoms. The molecule has 0 heterocycles. The Bertz CT molecular complexity index is 387. The van der Waals surface area contributed by atoms with Crippen LogP contribution in [0.15, 0.2) is 23.4 Å². The van der Waals surface area contributed by atoms with Gasteiger partial charge in [-0.05, 0) is 13.0 Å². The van der Waals surface area contributed by atoms with Crippen LogP contribution in [0.4, 0.5) is 0 Å². The molecule has 7 nitrogen and oxygen atoms in total. The molecule has 1 aliphatic carbocycles. The van der Waals surface area contributed by atoms with E-state index in [2.05, 4.69) is 0 Å². The molecule has 0 saturated carbocycles. The maximum Gasteiger partial charge on any atom is 0.270 e. The molecule has 0 aromatic heterocycles. The van der Waals surface area contributed by atoms with Gasteiger partial charge in [0.2, 0.25) is 0 Å². The van der Waals surface area contributed by atoms with E-state index in [0.717, 1.165) is 0 Å². The number of rotatable bonds is 2. The van der Waals surface area contributed by atoms with Crippen molar-refractivity contribution in [3.8, 4) is 0 Å². The maximum atomic E-state index is 10.9. The summed E-state index contributed by atoms with van der Waals surface area (Å²) in [6, 6.07) is -1.23. The number of allylic oxidation sites excluding steroid dienone is 2. The quantitative estimate of drug-likeness (QED) is 0.529. The molecule has 7 heteroatoms. The highest BCUT2D eigenvalue weighted by Gasteiger charge is 2.52. The molecule has 82 valence electrons. The first kappa shape index (κ1) is 11.3. The highest BCUT2D eigenvalue weighted by atomic mass is 16.6. The minimum absolute atomic E-state index is 0.334. The third-order valence-electron chi connectivity index (χ3n) is 2.82. The molecule has 0 fully saturated rings.